The Morgan fingerprint density at radius 2 is 2.28 bits per heavy atom. The minimum Gasteiger partial charge on any atom is -0.501 e. The molecule has 18 heavy (non-hydrogen) atoms. The molecule has 0 aromatic carbocycles. The highest BCUT2D eigenvalue weighted by Gasteiger charge is 2.14. The minimum absolute atomic E-state index is 0.00176. The summed E-state index contributed by atoms with van der Waals surface area (Å²) in [5, 5.41) is 9.60. The minimum atomic E-state index is -0.668. The Morgan fingerprint density at radius 3 is 2.89 bits per heavy atom. The number of aromatic amines is 1. The molecule has 0 aliphatic carbocycles. The summed E-state index contributed by atoms with van der Waals surface area (Å²) in [4.78, 5) is 22.2. The molecule has 0 atom stereocenters. The zero-order valence-corrected chi connectivity index (χ0v) is 9.67. The molecule has 0 spiro atoms. The van der Waals surface area contributed by atoms with Crippen LogP contribution in [-0.2, 0) is 4.74 Å². The van der Waals surface area contributed by atoms with Gasteiger partial charge in [0.2, 0.25) is 5.75 Å². The van der Waals surface area contributed by atoms with Crippen LogP contribution in [0.2, 0.25) is 0 Å². The van der Waals surface area contributed by atoms with Crippen molar-refractivity contribution < 1.29 is 9.84 Å². The third-order valence-electron chi connectivity index (χ3n) is 2.31. The lowest BCUT2D eigenvalue weighted by molar-refractivity contribution is 0.363. The lowest BCUT2D eigenvalue weighted by atomic mass is 10.3. The highest BCUT2D eigenvalue weighted by Crippen LogP contribution is 2.20. The number of methoxy groups -OCH3 is 1. The van der Waals surface area contributed by atoms with E-state index in [1.807, 2.05) is 0 Å². The lowest BCUT2D eigenvalue weighted by Gasteiger charge is -2.07. The van der Waals surface area contributed by atoms with Crippen LogP contribution in [0.25, 0.3) is 17.3 Å². The molecule has 2 aromatic heterocycles. The van der Waals surface area contributed by atoms with Gasteiger partial charge in [0.15, 0.2) is 11.5 Å². The largest absolute Gasteiger partial charge is 0.501 e. The Labute approximate surface area is 103 Å². The standard InChI is InChI=1S/C12H11N3O3/c1-7(18-2)9-10(16)12(17)15-11(14-9)8-5-3-4-6-13-8/h3-6,16H,1H2,2H3,(H,14,15,17). The summed E-state index contributed by atoms with van der Waals surface area (Å²) < 4.78 is 4.87. The van der Waals surface area contributed by atoms with Crippen molar-refractivity contribution in [3.05, 3.63) is 47.0 Å². The summed E-state index contributed by atoms with van der Waals surface area (Å²) in [5.74, 6) is -0.177. The predicted molar refractivity (Wildman–Crippen MR) is 65.8 cm³/mol. The fourth-order valence-electron chi connectivity index (χ4n) is 1.38. The molecule has 0 radical (unpaired) electrons. The van der Waals surface area contributed by atoms with E-state index in [-0.39, 0.29) is 17.3 Å². The molecule has 2 rings (SSSR count). The van der Waals surface area contributed by atoms with Crippen LogP contribution < -0.4 is 5.56 Å². The normalized spacial score (nSPS) is 10.1. The first kappa shape index (κ1) is 11.8. The van der Waals surface area contributed by atoms with Gasteiger partial charge in [0.05, 0.1) is 7.11 Å². The Balaban J connectivity index is 2.62. The monoisotopic (exact) mass is 245 g/mol. The van der Waals surface area contributed by atoms with Crippen LogP contribution in [0.15, 0.2) is 35.8 Å². The van der Waals surface area contributed by atoms with Crippen LogP contribution in [0.3, 0.4) is 0 Å². The smallest absolute Gasteiger partial charge is 0.294 e. The van der Waals surface area contributed by atoms with E-state index in [1.165, 1.54) is 7.11 Å². The topological polar surface area (TPSA) is 88.1 Å². The van der Waals surface area contributed by atoms with Crippen LogP contribution in [0.4, 0.5) is 0 Å². The van der Waals surface area contributed by atoms with Gasteiger partial charge in [-0.1, -0.05) is 12.6 Å². The molecule has 0 bridgehead atoms. The van der Waals surface area contributed by atoms with Gasteiger partial charge in [-0.05, 0) is 12.1 Å². The molecule has 0 amide bonds. The molecular weight excluding hydrogens is 234 g/mol. The van der Waals surface area contributed by atoms with Crippen LogP contribution in [0.5, 0.6) is 5.75 Å². The van der Waals surface area contributed by atoms with E-state index in [4.69, 9.17) is 4.74 Å². The summed E-state index contributed by atoms with van der Waals surface area (Å²) in [7, 11) is 1.38. The molecule has 6 heteroatoms. The van der Waals surface area contributed by atoms with E-state index in [9.17, 15) is 9.90 Å². The first-order chi connectivity index (χ1) is 8.63. The SMILES string of the molecule is C=C(OC)c1nc(-c2ccccn2)[nH]c(=O)c1O. The maximum Gasteiger partial charge on any atom is 0.294 e. The second kappa shape index (κ2) is 4.70. The van der Waals surface area contributed by atoms with Crippen molar-refractivity contribution in [2.75, 3.05) is 7.11 Å². The number of ether oxygens (including phenoxy) is 1. The van der Waals surface area contributed by atoms with Gasteiger partial charge in [-0.15, -0.1) is 0 Å². The molecule has 2 heterocycles. The highest BCUT2D eigenvalue weighted by atomic mass is 16.5. The summed E-state index contributed by atoms with van der Waals surface area (Å²) in [6, 6.07) is 5.20. The fraction of sp³-hybridized carbons (Fsp3) is 0.0833. The van der Waals surface area contributed by atoms with Gasteiger partial charge < -0.3 is 14.8 Å². The average Bonchev–Trinajstić information content (AvgIpc) is 2.41. The zero-order chi connectivity index (χ0) is 13.1. The molecule has 6 nitrogen and oxygen atoms in total. The third kappa shape index (κ3) is 2.08. The van der Waals surface area contributed by atoms with E-state index < -0.39 is 11.3 Å². The maximum absolute atomic E-state index is 11.6. The number of hydrogen-bond acceptors (Lipinski definition) is 5. The van der Waals surface area contributed by atoms with Crippen LogP contribution in [0.1, 0.15) is 5.69 Å². The van der Waals surface area contributed by atoms with Crippen molar-refractivity contribution >= 4 is 5.76 Å². The number of nitrogens with zero attached hydrogens (tertiary/aromatic N) is 2. The van der Waals surface area contributed by atoms with Gasteiger partial charge in [-0.25, -0.2) is 4.98 Å². The first-order valence-electron chi connectivity index (χ1n) is 5.11. The third-order valence-corrected chi connectivity index (χ3v) is 2.31. The molecule has 2 aromatic rings. The number of aromatic hydroxyl groups is 1. The Kier molecular flexibility index (Phi) is 3.09. The highest BCUT2D eigenvalue weighted by molar-refractivity contribution is 5.62. The number of hydrogen-bond donors (Lipinski definition) is 2. The Bertz CT molecular complexity index is 635. The number of rotatable bonds is 3. The quantitative estimate of drug-likeness (QED) is 0.792. The first-order valence-corrected chi connectivity index (χ1v) is 5.11. The van der Waals surface area contributed by atoms with Gasteiger partial charge in [0.25, 0.3) is 5.56 Å². The van der Waals surface area contributed by atoms with Crippen molar-refractivity contribution in [2.24, 2.45) is 0 Å². The van der Waals surface area contributed by atoms with Crippen molar-refractivity contribution in [2.45, 2.75) is 0 Å². The van der Waals surface area contributed by atoms with Crippen LogP contribution in [-0.4, -0.2) is 27.2 Å². The molecule has 2 N–H and O–H groups in total. The van der Waals surface area contributed by atoms with Crippen LogP contribution in [0, 0.1) is 0 Å². The lowest BCUT2D eigenvalue weighted by Crippen LogP contribution is -2.12. The molecule has 0 unspecified atom stereocenters. The average molecular weight is 245 g/mol. The van der Waals surface area contributed by atoms with Gasteiger partial charge in [-0.3, -0.25) is 9.78 Å². The summed E-state index contributed by atoms with van der Waals surface area (Å²) in [6.07, 6.45) is 1.58. The van der Waals surface area contributed by atoms with E-state index >= 15 is 0 Å². The number of H-pyrrole nitrogens is 1. The van der Waals surface area contributed by atoms with Crippen molar-refractivity contribution in [1.29, 1.82) is 0 Å². The number of aromatic nitrogens is 3. The molecule has 0 fully saturated rings. The van der Waals surface area contributed by atoms with Gasteiger partial charge in [-0.2, -0.15) is 0 Å². The molecular formula is C12H11N3O3. The van der Waals surface area contributed by atoms with E-state index in [0.29, 0.717) is 5.69 Å². The summed E-state index contributed by atoms with van der Waals surface area (Å²) >= 11 is 0. The molecule has 0 aliphatic heterocycles. The van der Waals surface area contributed by atoms with Crippen molar-refractivity contribution in [1.82, 2.24) is 15.0 Å². The summed E-state index contributed by atoms with van der Waals surface area (Å²) in [6.45, 7) is 3.56. The number of nitrogens with one attached hydrogen (secondary N) is 1. The Hall–Kier alpha value is -2.63. The summed E-state index contributed by atoms with van der Waals surface area (Å²) in [5.41, 5.74) is -0.180. The van der Waals surface area contributed by atoms with Crippen molar-refractivity contribution in [3.63, 3.8) is 0 Å². The van der Waals surface area contributed by atoms with Gasteiger partial charge in [0.1, 0.15) is 11.5 Å². The van der Waals surface area contributed by atoms with Gasteiger partial charge >= 0.3 is 0 Å². The fourth-order valence-corrected chi connectivity index (χ4v) is 1.38. The van der Waals surface area contributed by atoms with E-state index in [2.05, 4.69) is 21.5 Å². The molecule has 92 valence electrons. The molecule has 0 saturated carbocycles. The van der Waals surface area contributed by atoms with Crippen molar-refractivity contribution in [3.8, 4) is 17.3 Å². The van der Waals surface area contributed by atoms with E-state index in [0.717, 1.165) is 0 Å². The molecule has 0 aliphatic rings. The second-order valence-electron chi connectivity index (χ2n) is 3.45. The molecule has 0 saturated heterocycles. The maximum atomic E-state index is 11.6. The Morgan fingerprint density at radius 1 is 1.50 bits per heavy atom. The van der Waals surface area contributed by atoms with Crippen LogP contribution >= 0.6 is 0 Å². The zero-order valence-electron chi connectivity index (χ0n) is 9.67. The van der Waals surface area contributed by atoms with E-state index in [1.54, 1.807) is 24.4 Å². The second-order valence-corrected chi connectivity index (χ2v) is 3.45. The predicted octanol–water partition coefficient (Wildman–Crippen LogP) is 1.15. The number of pyridine rings is 1. The van der Waals surface area contributed by atoms with Gasteiger partial charge in [0, 0.05) is 6.20 Å².